The number of nitrogens with zero attached hydrogens (tertiary/aromatic N) is 1. The molecule has 0 aromatic heterocycles. The van der Waals surface area contributed by atoms with Crippen LogP contribution in [0.1, 0.15) is 32.3 Å². The fourth-order valence-electron chi connectivity index (χ4n) is 1.47. The molecule has 0 fully saturated rings. The summed E-state index contributed by atoms with van der Waals surface area (Å²) in [7, 11) is 0. The van der Waals surface area contributed by atoms with Crippen molar-refractivity contribution in [1.82, 2.24) is 0 Å². The van der Waals surface area contributed by atoms with Crippen LogP contribution in [0.2, 0.25) is 0 Å². The second-order valence-corrected chi connectivity index (χ2v) is 3.78. The van der Waals surface area contributed by atoms with Crippen molar-refractivity contribution in [3.05, 3.63) is 23.8 Å². The van der Waals surface area contributed by atoms with Gasteiger partial charge in [0.05, 0.1) is 18.2 Å². The third-order valence-electron chi connectivity index (χ3n) is 2.29. The smallest absolute Gasteiger partial charge is 0.170 e. The van der Waals surface area contributed by atoms with Gasteiger partial charge >= 0.3 is 0 Å². The predicted molar refractivity (Wildman–Crippen MR) is 67.7 cm³/mol. The number of ketones is 1. The zero-order valence-corrected chi connectivity index (χ0v) is 10.7. The maximum Gasteiger partial charge on any atom is 0.170 e. The highest BCUT2D eigenvalue weighted by atomic mass is 16.5. The Hall–Kier alpha value is -2.02. The van der Waals surface area contributed by atoms with Gasteiger partial charge in [0, 0.05) is 12.5 Å². The van der Waals surface area contributed by atoms with Crippen molar-refractivity contribution in [2.24, 2.45) is 0 Å². The summed E-state index contributed by atoms with van der Waals surface area (Å²) in [6.07, 6.45) is 1.33. The SMILES string of the molecule is CCCC(=O)COc1ccc(C#N)cc1OCC. The van der Waals surface area contributed by atoms with E-state index in [4.69, 9.17) is 14.7 Å². The summed E-state index contributed by atoms with van der Waals surface area (Å²) in [5.74, 6) is 1.06. The average Bonchev–Trinajstić information content (AvgIpc) is 2.38. The van der Waals surface area contributed by atoms with Crippen molar-refractivity contribution in [1.29, 1.82) is 5.26 Å². The van der Waals surface area contributed by atoms with Crippen molar-refractivity contribution in [2.75, 3.05) is 13.2 Å². The maximum absolute atomic E-state index is 11.4. The van der Waals surface area contributed by atoms with Gasteiger partial charge in [-0.1, -0.05) is 6.92 Å². The fourth-order valence-corrected chi connectivity index (χ4v) is 1.47. The highest BCUT2D eigenvalue weighted by molar-refractivity contribution is 5.79. The van der Waals surface area contributed by atoms with Gasteiger partial charge in [-0.3, -0.25) is 4.79 Å². The molecule has 4 nitrogen and oxygen atoms in total. The van der Waals surface area contributed by atoms with Crippen LogP contribution in [0.4, 0.5) is 0 Å². The molecular weight excluding hydrogens is 230 g/mol. The first-order valence-electron chi connectivity index (χ1n) is 6.02. The Balaban J connectivity index is 2.75. The lowest BCUT2D eigenvalue weighted by molar-refractivity contribution is -0.121. The van der Waals surface area contributed by atoms with E-state index >= 15 is 0 Å². The molecule has 0 radical (unpaired) electrons. The van der Waals surface area contributed by atoms with Crippen LogP contribution in [-0.2, 0) is 4.79 Å². The van der Waals surface area contributed by atoms with Crippen LogP contribution in [0.3, 0.4) is 0 Å². The van der Waals surface area contributed by atoms with E-state index in [1.165, 1.54) is 0 Å². The molecular formula is C14H17NO3. The number of Topliss-reactive ketones (excluding diaryl/α,β-unsaturated/α-hetero) is 1. The van der Waals surface area contributed by atoms with E-state index in [2.05, 4.69) is 0 Å². The molecule has 0 aliphatic carbocycles. The fraction of sp³-hybridized carbons (Fsp3) is 0.429. The van der Waals surface area contributed by atoms with Gasteiger partial charge in [0.1, 0.15) is 6.61 Å². The van der Waals surface area contributed by atoms with Gasteiger partial charge in [-0.15, -0.1) is 0 Å². The maximum atomic E-state index is 11.4. The Morgan fingerprint density at radius 2 is 2.06 bits per heavy atom. The van der Waals surface area contributed by atoms with Gasteiger partial charge in [0.2, 0.25) is 0 Å². The van der Waals surface area contributed by atoms with Crippen molar-refractivity contribution in [3.63, 3.8) is 0 Å². The van der Waals surface area contributed by atoms with Crippen LogP contribution in [0, 0.1) is 11.3 Å². The molecule has 0 aliphatic rings. The Labute approximate surface area is 107 Å². The molecule has 0 amide bonds. The van der Waals surface area contributed by atoms with E-state index < -0.39 is 0 Å². The Morgan fingerprint density at radius 3 is 2.67 bits per heavy atom. The Kier molecular flexibility index (Phi) is 5.72. The molecule has 0 heterocycles. The van der Waals surface area contributed by atoms with Gasteiger partial charge < -0.3 is 9.47 Å². The summed E-state index contributed by atoms with van der Waals surface area (Å²) in [6.45, 7) is 4.32. The molecule has 0 N–H and O–H groups in total. The molecule has 0 spiro atoms. The molecule has 0 atom stereocenters. The van der Waals surface area contributed by atoms with E-state index in [0.717, 1.165) is 6.42 Å². The number of hydrogen-bond acceptors (Lipinski definition) is 4. The minimum absolute atomic E-state index is 0.0415. The molecule has 4 heteroatoms. The molecule has 18 heavy (non-hydrogen) atoms. The van der Waals surface area contributed by atoms with Crippen LogP contribution in [0.25, 0.3) is 0 Å². The van der Waals surface area contributed by atoms with Crippen LogP contribution in [-0.4, -0.2) is 19.0 Å². The van der Waals surface area contributed by atoms with Crippen molar-refractivity contribution in [3.8, 4) is 17.6 Å². The summed E-state index contributed by atoms with van der Waals surface area (Å²) in [5, 5.41) is 8.81. The standard InChI is InChI=1S/C14H17NO3/c1-3-5-12(16)10-18-13-7-6-11(9-15)8-14(13)17-4-2/h6-8H,3-5,10H2,1-2H3. The van der Waals surface area contributed by atoms with Gasteiger partial charge in [-0.25, -0.2) is 0 Å². The van der Waals surface area contributed by atoms with Crippen LogP contribution >= 0.6 is 0 Å². The molecule has 0 bridgehead atoms. The zero-order valence-electron chi connectivity index (χ0n) is 10.7. The monoisotopic (exact) mass is 247 g/mol. The number of carbonyl (C=O) groups is 1. The number of nitriles is 1. The molecule has 1 rings (SSSR count). The lowest BCUT2D eigenvalue weighted by atomic mass is 10.2. The molecule has 0 saturated heterocycles. The molecule has 0 aliphatic heterocycles. The summed E-state index contributed by atoms with van der Waals surface area (Å²) in [5.41, 5.74) is 0.505. The lowest BCUT2D eigenvalue weighted by Gasteiger charge is -2.11. The van der Waals surface area contributed by atoms with Crippen LogP contribution < -0.4 is 9.47 Å². The number of benzene rings is 1. The van der Waals surface area contributed by atoms with Crippen molar-refractivity contribution < 1.29 is 14.3 Å². The molecule has 1 aromatic rings. The largest absolute Gasteiger partial charge is 0.490 e. The van der Waals surface area contributed by atoms with Crippen LogP contribution in [0.5, 0.6) is 11.5 Å². The zero-order chi connectivity index (χ0) is 13.4. The van der Waals surface area contributed by atoms with Crippen molar-refractivity contribution in [2.45, 2.75) is 26.7 Å². The third kappa shape index (κ3) is 4.10. The number of carbonyl (C=O) groups excluding carboxylic acids is 1. The van der Waals surface area contributed by atoms with E-state index in [9.17, 15) is 4.79 Å². The quantitative estimate of drug-likeness (QED) is 0.743. The summed E-state index contributed by atoms with van der Waals surface area (Å²) < 4.78 is 10.8. The van der Waals surface area contributed by atoms with E-state index in [0.29, 0.717) is 30.1 Å². The Morgan fingerprint density at radius 1 is 1.28 bits per heavy atom. The topological polar surface area (TPSA) is 59.3 Å². The average molecular weight is 247 g/mol. The van der Waals surface area contributed by atoms with Crippen molar-refractivity contribution >= 4 is 5.78 Å². The summed E-state index contributed by atoms with van der Waals surface area (Å²) in [6, 6.07) is 6.95. The van der Waals surface area contributed by atoms with Crippen LogP contribution in [0.15, 0.2) is 18.2 Å². The minimum atomic E-state index is 0.0415. The number of ether oxygens (including phenoxy) is 2. The highest BCUT2D eigenvalue weighted by Gasteiger charge is 2.08. The van der Waals surface area contributed by atoms with E-state index in [1.807, 2.05) is 19.9 Å². The number of rotatable bonds is 7. The van der Waals surface area contributed by atoms with E-state index in [1.54, 1.807) is 18.2 Å². The normalized spacial score (nSPS) is 9.61. The molecule has 96 valence electrons. The predicted octanol–water partition coefficient (Wildman–Crippen LogP) is 2.70. The first-order valence-corrected chi connectivity index (χ1v) is 6.02. The summed E-state index contributed by atoms with van der Waals surface area (Å²) in [4.78, 5) is 11.4. The lowest BCUT2D eigenvalue weighted by Crippen LogP contribution is -2.11. The first-order chi connectivity index (χ1) is 8.71. The third-order valence-corrected chi connectivity index (χ3v) is 2.29. The van der Waals surface area contributed by atoms with Gasteiger partial charge in [0.25, 0.3) is 0 Å². The highest BCUT2D eigenvalue weighted by Crippen LogP contribution is 2.28. The van der Waals surface area contributed by atoms with E-state index in [-0.39, 0.29) is 12.4 Å². The summed E-state index contributed by atoms with van der Waals surface area (Å²) >= 11 is 0. The van der Waals surface area contributed by atoms with Gasteiger partial charge in [-0.2, -0.15) is 5.26 Å². The molecule has 1 aromatic carbocycles. The minimum Gasteiger partial charge on any atom is -0.490 e. The molecule has 0 saturated carbocycles. The molecule has 0 unspecified atom stereocenters. The van der Waals surface area contributed by atoms with Gasteiger partial charge in [0.15, 0.2) is 17.3 Å². The Bertz CT molecular complexity index is 449. The number of hydrogen-bond donors (Lipinski definition) is 0. The first kappa shape index (κ1) is 14.0. The second kappa shape index (κ2) is 7.33. The van der Waals surface area contributed by atoms with Gasteiger partial charge in [-0.05, 0) is 25.5 Å². The second-order valence-electron chi connectivity index (χ2n) is 3.78.